The van der Waals surface area contributed by atoms with Crippen molar-refractivity contribution in [2.75, 3.05) is 26.3 Å². The fraction of sp³-hybridized carbons (Fsp3) is 0.600. The number of rotatable bonds is 6. The monoisotopic (exact) mass is 313 g/mol. The lowest BCUT2D eigenvalue weighted by Gasteiger charge is -2.17. The zero-order chi connectivity index (χ0) is 15.5. The van der Waals surface area contributed by atoms with Crippen LogP contribution in [0.5, 0.6) is 5.75 Å². The molecular formula is C15H23NO4S. The minimum absolute atomic E-state index is 0.112. The Morgan fingerprint density at radius 1 is 1.43 bits per heavy atom. The molecule has 21 heavy (non-hydrogen) atoms. The highest BCUT2D eigenvalue weighted by atomic mass is 32.2. The van der Waals surface area contributed by atoms with E-state index in [4.69, 9.17) is 9.84 Å². The van der Waals surface area contributed by atoms with Crippen LogP contribution in [0.4, 0.5) is 0 Å². The third kappa shape index (κ3) is 3.56. The summed E-state index contributed by atoms with van der Waals surface area (Å²) in [6.07, 6.45) is 1.48. The van der Waals surface area contributed by atoms with Gasteiger partial charge >= 0.3 is 0 Å². The van der Waals surface area contributed by atoms with Crippen molar-refractivity contribution in [3.05, 3.63) is 23.8 Å². The number of benzene rings is 1. The standard InChI is InChI=1S/C15H23NO4S/c1-3-20-15-5-4-14(10-12(15)2)21(18,19)16-8-6-13(11-16)7-9-17/h4-5,10,13,17H,3,6-9,11H2,1-2H3. The Hall–Kier alpha value is -1.11. The third-order valence-corrected chi connectivity index (χ3v) is 5.73. The zero-order valence-corrected chi connectivity index (χ0v) is 13.4. The van der Waals surface area contributed by atoms with Gasteiger partial charge in [0.2, 0.25) is 10.0 Å². The van der Waals surface area contributed by atoms with Crippen LogP contribution in [-0.2, 0) is 10.0 Å². The predicted octanol–water partition coefficient (Wildman–Crippen LogP) is 1.79. The van der Waals surface area contributed by atoms with E-state index in [0.717, 1.165) is 17.7 Å². The molecule has 1 fully saturated rings. The second-order valence-corrected chi connectivity index (χ2v) is 7.33. The quantitative estimate of drug-likeness (QED) is 0.869. The summed E-state index contributed by atoms with van der Waals surface area (Å²) < 4.78 is 32.2. The van der Waals surface area contributed by atoms with Crippen LogP contribution >= 0.6 is 0 Å². The van der Waals surface area contributed by atoms with Crippen molar-refractivity contribution in [3.8, 4) is 5.75 Å². The van der Waals surface area contributed by atoms with Crippen molar-refractivity contribution in [1.82, 2.24) is 4.31 Å². The van der Waals surface area contributed by atoms with Gasteiger partial charge in [0.05, 0.1) is 11.5 Å². The maximum Gasteiger partial charge on any atom is 0.243 e. The van der Waals surface area contributed by atoms with Gasteiger partial charge in [-0.3, -0.25) is 0 Å². The van der Waals surface area contributed by atoms with Gasteiger partial charge in [-0.2, -0.15) is 4.31 Å². The van der Waals surface area contributed by atoms with Gasteiger partial charge in [0.15, 0.2) is 0 Å². The fourth-order valence-electron chi connectivity index (χ4n) is 2.68. The largest absolute Gasteiger partial charge is 0.494 e. The number of nitrogens with zero attached hydrogens (tertiary/aromatic N) is 1. The lowest BCUT2D eigenvalue weighted by molar-refractivity contribution is 0.259. The second-order valence-electron chi connectivity index (χ2n) is 5.39. The highest BCUT2D eigenvalue weighted by molar-refractivity contribution is 7.89. The molecular weight excluding hydrogens is 290 g/mol. The maximum absolute atomic E-state index is 12.6. The molecule has 1 atom stereocenters. The van der Waals surface area contributed by atoms with Crippen molar-refractivity contribution in [3.63, 3.8) is 0 Å². The summed E-state index contributed by atoms with van der Waals surface area (Å²) in [6.45, 7) is 5.44. The molecule has 1 unspecified atom stereocenters. The van der Waals surface area contributed by atoms with Crippen LogP contribution in [0.3, 0.4) is 0 Å². The molecule has 1 N–H and O–H groups in total. The van der Waals surface area contributed by atoms with Gasteiger partial charge in [-0.05, 0) is 56.4 Å². The van der Waals surface area contributed by atoms with Gasteiger partial charge < -0.3 is 9.84 Å². The molecule has 1 aliphatic rings. The topological polar surface area (TPSA) is 66.8 Å². The molecule has 6 heteroatoms. The first-order chi connectivity index (χ1) is 9.98. The van der Waals surface area contributed by atoms with Crippen molar-refractivity contribution in [2.24, 2.45) is 5.92 Å². The van der Waals surface area contributed by atoms with Gasteiger partial charge in [0.1, 0.15) is 5.75 Å². The van der Waals surface area contributed by atoms with Crippen LogP contribution in [0.2, 0.25) is 0 Å². The van der Waals surface area contributed by atoms with Crippen molar-refractivity contribution < 1.29 is 18.3 Å². The number of ether oxygens (including phenoxy) is 1. The number of aryl methyl sites for hydroxylation is 1. The van der Waals surface area contributed by atoms with E-state index >= 15 is 0 Å². The molecule has 2 rings (SSSR count). The molecule has 1 aliphatic heterocycles. The number of aliphatic hydroxyl groups excluding tert-OH is 1. The number of hydrogen-bond acceptors (Lipinski definition) is 4. The lowest BCUT2D eigenvalue weighted by atomic mass is 10.1. The molecule has 5 nitrogen and oxygen atoms in total. The van der Waals surface area contributed by atoms with Crippen LogP contribution in [0, 0.1) is 12.8 Å². The molecule has 0 bridgehead atoms. The molecule has 0 saturated carbocycles. The van der Waals surface area contributed by atoms with Crippen LogP contribution in [-0.4, -0.2) is 44.1 Å². The Morgan fingerprint density at radius 2 is 2.19 bits per heavy atom. The Morgan fingerprint density at radius 3 is 2.81 bits per heavy atom. The first-order valence-corrected chi connectivity index (χ1v) is 8.77. The fourth-order valence-corrected chi connectivity index (χ4v) is 4.30. The van der Waals surface area contributed by atoms with Gasteiger partial charge in [0, 0.05) is 19.7 Å². The number of sulfonamides is 1. The first-order valence-electron chi connectivity index (χ1n) is 7.33. The van der Waals surface area contributed by atoms with E-state index < -0.39 is 10.0 Å². The molecule has 0 aromatic heterocycles. The van der Waals surface area contributed by atoms with E-state index in [1.54, 1.807) is 18.2 Å². The van der Waals surface area contributed by atoms with Gasteiger partial charge in [-0.15, -0.1) is 0 Å². The molecule has 0 spiro atoms. The summed E-state index contributed by atoms with van der Waals surface area (Å²) in [6, 6.07) is 4.99. The van der Waals surface area contributed by atoms with Gasteiger partial charge in [-0.25, -0.2) is 8.42 Å². The normalized spacial score (nSPS) is 19.9. The van der Waals surface area contributed by atoms with E-state index in [0.29, 0.717) is 31.0 Å². The van der Waals surface area contributed by atoms with Crippen LogP contribution in [0.15, 0.2) is 23.1 Å². The first kappa shape index (κ1) is 16.3. The summed E-state index contributed by atoms with van der Waals surface area (Å²) in [4.78, 5) is 0.313. The summed E-state index contributed by atoms with van der Waals surface area (Å²) >= 11 is 0. The lowest BCUT2D eigenvalue weighted by Crippen LogP contribution is -2.29. The number of aliphatic hydroxyl groups is 1. The van der Waals surface area contributed by atoms with Crippen molar-refractivity contribution in [2.45, 2.75) is 31.6 Å². The van der Waals surface area contributed by atoms with Crippen LogP contribution in [0.1, 0.15) is 25.3 Å². The van der Waals surface area contributed by atoms with E-state index in [2.05, 4.69) is 0 Å². The van der Waals surface area contributed by atoms with Crippen molar-refractivity contribution >= 4 is 10.0 Å². The smallest absolute Gasteiger partial charge is 0.243 e. The van der Waals surface area contributed by atoms with E-state index in [1.807, 2.05) is 13.8 Å². The molecule has 1 saturated heterocycles. The van der Waals surface area contributed by atoms with E-state index in [1.165, 1.54) is 4.31 Å². The summed E-state index contributed by atoms with van der Waals surface area (Å²) in [7, 11) is -3.45. The van der Waals surface area contributed by atoms with Gasteiger partial charge in [0.25, 0.3) is 0 Å². The Bertz CT molecular complexity index is 585. The molecule has 1 aromatic rings. The average molecular weight is 313 g/mol. The number of hydrogen-bond donors (Lipinski definition) is 1. The predicted molar refractivity (Wildman–Crippen MR) is 80.9 cm³/mol. The molecule has 118 valence electrons. The second kappa shape index (κ2) is 6.77. The van der Waals surface area contributed by atoms with E-state index in [-0.39, 0.29) is 12.5 Å². The zero-order valence-electron chi connectivity index (χ0n) is 12.6. The highest BCUT2D eigenvalue weighted by Crippen LogP contribution is 2.28. The molecule has 0 radical (unpaired) electrons. The van der Waals surface area contributed by atoms with Crippen LogP contribution in [0.25, 0.3) is 0 Å². The summed E-state index contributed by atoms with van der Waals surface area (Å²) in [5, 5.41) is 8.97. The minimum atomic E-state index is -3.45. The SMILES string of the molecule is CCOc1ccc(S(=O)(=O)N2CCC(CCO)C2)cc1C. The van der Waals surface area contributed by atoms with Crippen LogP contribution < -0.4 is 4.74 Å². The Kier molecular flexibility index (Phi) is 5.24. The Labute approximate surface area is 126 Å². The van der Waals surface area contributed by atoms with Gasteiger partial charge in [-0.1, -0.05) is 0 Å². The summed E-state index contributed by atoms with van der Waals surface area (Å²) in [5.41, 5.74) is 0.823. The van der Waals surface area contributed by atoms with E-state index in [9.17, 15) is 8.42 Å². The summed E-state index contributed by atoms with van der Waals surface area (Å²) in [5.74, 6) is 0.976. The molecule has 0 aliphatic carbocycles. The maximum atomic E-state index is 12.6. The van der Waals surface area contributed by atoms with Crippen molar-refractivity contribution in [1.29, 1.82) is 0 Å². The Balaban J connectivity index is 2.18. The molecule has 0 amide bonds. The molecule has 1 aromatic carbocycles. The minimum Gasteiger partial charge on any atom is -0.494 e. The highest BCUT2D eigenvalue weighted by Gasteiger charge is 2.32. The average Bonchev–Trinajstić information content (AvgIpc) is 2.91. The third-order valence-electron chi connectivity index (χ3n) is 3.87. The molecule has 1 heterocycles.